The monoisotopic (exact) mass is 787 g/mol. The van der Waals surface area contributed by atoms with E-state index in [2.05, 4.69) is 34.7 Å². The van der Waals surface area contributed by atoms with Gasteiger partial charge >= 0.3 is 18.0 Å². The molecule has 4 aromatic carbocycles. The third-order valence-electron chi connectivity index (χ3n) is 9.86. The lowest BCUT2D eigenvalue weighted by molar-refractivity contribution is -0.159. The van der Waals surface area contributed by atoms with E-state index < -0.39 is 33.9 Å². The van der Waals surface area contributed by atoms with E-state index in [1.54, 1.807) is 27.0 Å². The van der Waals surface area contributed by atoms with Crippen molar-refractivity contribution in [2.75, 3.05) is 18.8 Å². The molecule has 2 heterocycles. The molecular formula is C47H53N3O6S. The smallest absolute Gasteiger partial charge is 0.408 e. The summed E-state index contributed by atoms with van der Waals surface area (Å²) in [5, 5.41) is 15.7. The maximum absolute atomic E-state index is 12.9. The molecule has 1 aliphatic rings. The fraction of sp³-hybridized carbons (Fsp3) is 0.319. The summed E-state index contributed by atoms with van der Waals surface area (Å²) in [7, 11) is 0. The molecule has 57 heavy (non-hydrogen) atoms. The van der Waals surface area contributed by atoms with Crippen LogP contribution in [-0.2, 0) is 36.8 Å². The van der Waals surface area contributed by atoms with Gasteiger partial charge in [0.25, 0.3) is 0 Å². The van der Waals surface area contributed by atoms with Crippen LogP contribution in [0.4, 0.5) is 4.79 Å². The maximum atomic E-state index is 12.9. The number of aryl methyl sites for hydroxylation is 1. The van der Waals surface area contributed by atoms with Crippen molar-refractivity contribution in [2.24, 2.45) is 5.41 Å². The number of carbonyl (C=O) groups is 3. The van der Waals surface area contributed by atoms with Crippen LogP contribution in [0.1, 0.15) is 67.1 Å². The number of carboxylic acid groups (broad SMARTS) is 1. The lowest BCUT2D eigenvalue weighted by Crippen LogP contribution is -2.45. The van der Waals surface area contributed by atoms with E-state index in [1.165, 1.54) is 22.9 Å². The van der Waals surface area contributed by atoms with Crippen LogP contribution >= 0.6 is 11.8 Å². The molecular weight excluding hydrogens is 735 g/mol. The second-order valence-corrected chi connectivity index (χ2v) is 16.4. The standard InChI is InChI=1S/C27H29NO4S.C20H24N2O2/c1-26(2,3)32-25(31)28-23(24(29)30)19-33-27(20-13-7-4-8-14-20,21-15-9-5-10-16-21)22-17-11-6-12-18-22;1-16-6-2-3-7-17(16)14-20(9-12-21-13-10-20)19(23)24-15-18-8-4-5-11-22-18/h4-18,23H,19H2,1-3H3,(H,28,31)(H,29,30);2-8,11,21H,9-10,12-15H2,1H3/t23-;/m0./s1. The Morgan fingerprint density at radius 2 is 1.32 bits per heavy atom. The minimum Gasteiger partial charge on any atom is -0.480 e. The number of esters is 1. The van der Waals surface area contributed by atoms with Crippen molar-refractivity contribution in [3.8, 4) is 0 Å². The van der Waals surface area contributed by atoms with Gasteiger partial charge in [-0.05, 0) is 100.0 Å². The molecule has 5 aromatic rings. The molecule has 1 atom stereocenters. The van der Waals surface area contributed by atoms with Gasteiger partial charge in [-0.3, -0.25) is 9.78 Å². The van der Waals surface area contributed by atoms with Gasteiger partial charge in [0.15, 0.2) is 0 Å². The predicted octanol–water partition coefficient (Wildman–Crippen LogP) is 8.74. The highest BCUT2D eigenvalue weighted by Gasteiger charge is 2.42. The molecule has 1 amide bonds. The second-order valence-electron chi connectivity index (χ2n) is 15.2. The van der Waals surface area contributed by atoms with Crippen LogP contribution in [0.2, 0.25) is 0 Å². The predicted molar refractivity (Wildman–Crippen MR) is 226 cm³/mol. The van der Waals surface area contributed by atoms with E-state index in [0.717, 1.165) is 54.7 Å². The molecule has 1 saturated heterocycles. The number of hydrogen-bond acceptors (Lipinski definition) is 8. The Kier molecular flexibility index (Phi) is 15.1. The number of ether oxygens (including phenoxy) is 2. The highest BCUT2D eigenvalue weighted by Crippen LogP contribution is 2.48. The van der Waals surface area contributed by atoms with Gasteiger partial charge in [0, 0.05) is 11.9 Å². The molecule has 0 saturated carbocycles. The van der Waals surface area contributed by atoms with Crippen LogP contribution in [-0.4, -0.2) is 58.6 Å². The first-order chi connectivity index (χ1) is 27.4. The van der Waals surface area contributed by atoms with Crippen molar-refractivity contribution >= 4 is 29.8 Å². The number of carboxylic acids is 1. The fourth-order valence-electron chi connectivity index (χ4n) is 6.91. The number of rotatable bonds is 13. The first kappa shape index (κ1) is 42.7. The Balaban J connectivity index is 0.000000228. The summed E-state index contributed by atoms with van der Waals surface area (Å²) >= 11 is 1.47. The van der Waals surface area contributed by atoms with Gasteiger partial charge in [-0.15, -0.1) is 11.8 Å². The number of benzene rings is 4. The Labute approximate surface area is 340 Å². The third kappa shape index (κ3) is 11.8. The zero-order valence-corrected chi connectivity index (χ0v) is 34.0. The number of hydrogen-bond donors (Lipinski definition) is 3. The van der Waals surface area contributed by atoms with Crippen LogP contribution in [0.5, 0.6) is 0 Å². The number of nitrogens with one attached hydrogen (secondary N) is 2. The average molecular weight is 788 g/mol. The second kappa shape index (κ2) is 20.1. The molecule has 10 heteroatoms. The lowest BCUT2D eigenvalue weighted by atomic mass is 9.73. The molecule has 1 aliphatic heterocycles. The lowest BCUT2D eigenvalue weighted by Gasteiger charge is -2.36. The van der Waals surface area contributed by atoms with Gasteiger partial charge in [-0.25, -0.2) is 9.59 Å². The topological polar surface area (TPSA) is 127 Å². The van der Waals surface area contributed by atoms with Crippen molar-refractivity contribution in [3.63, 3.8) is 0 Å². The van der Waals surface area contributed by atoms with Crippen molar-refractivity contribution in [2.45, 2.75) is 70.0 Å². The summed E-state index contributed by atoms with van der Waals surface area (Å²) < 4.78 is 10.3. The van der Waals surface area contributed by atoms with Gasteiger partial charge in [-0.1, -0.05) is 121 Å². The van der Waals surface area contributed by atoms with E-state index in [4.69, 9.17) is 9.47 Å². The molecule has 0 unspecified atom stereocenters. The summed E-state index contributed by atoms with van der Waals surface area (Å²) in [6, 6.07) is 42.8. The van der Waals surface area contributed by atoms with E-state index in [-0.39, 0.29) is 18.3 Å². The summed E-state index contributed by atoms with van der Waals surface area (Å²) in [4.78, 5) is 41.5. The zero-order chi connectivity index (χ0) is 40.7. The molecule has 6 rings (SSSR count). The minimum absolute atomic E-state index is 0.0992. The molecule has 3 N–H and O–H groups in total. The fourth-order valence-corrected chi connectivity index (χ4v) is 8.46. The molecule has 0 aliphatic carbocycles. The Bertz CT molecular complexity index is 1920. The van der Waals surface area contributed by atoms with Crippen LogP contribution in [0.25, 0.3) is 0 Å². The van der Waals surface area contributed by atoms with Gasteiger partial charge in [-0.2, -0.15) is 0 Å². The number of aromatic nitrogens is 1. The zero-order valence-electron chi connectivity index (χ0n) is 33.2. The van der Waals surface area contributed by atoms with Crippen LogP contribution in [0, 0.1) is 12.3 Å². The Morgan fingerprint density at radius 3 is 1.81 bits per heavy atom. The van der Waals surface area contributed by atoms with Crippen molar-refractivity contribution in [3.05, 3.63) is 173 Å². The highest BCUT2D eigenvalue weighted by atomic mass is 32.2. The van der Waals surface area contributed by atoms with Crippen LogP contribution < -0.4 is 10.6 Å². The van der Waals surface area contributed by atoms with Gasteiger partial charge < -0.3 is 25.2 Å². The van der Waals surface area contributed by atoms with E-state index in [9.17, 15) is 19.5 Å². The third-order valence-corrected chi connectivity index (χ3v) is 11.5. The number of nitrogens with zero attached hydrogens (tertiary/aromatic N) is 1. The summed E-state index contributed by atoms with van der Waals surface area (Å²) in [6.07, 6.45) is 3.32. The Hall–Kier alpha value is -5.45. The quantitative estimate of drug-likeness (QED) is 0.0794. The van der Waals surface area contributed by atoms with Gasteiger partial charge in [0.1, 0.15) is 18.2 Å². The summed E-state index contributed by atoms with van der Waals surface area (Å²) in [5.41, 5.74) is 5.15. The van der Waals surface area contributed by atoms with Crippen LogP contribution in [0.15, 0.2) is 140 Å². The number of pyridine rings is 1. The molecule has 298 valence electrons. The Morgan fingerprint density at radius 1 is 0.789 bits per heavy atom. The SMILES string of the molecule is CC(C)(C)OC(=O)N[C@@H](CSC(c1ccccc1)(c1ccccc1)c1ccccc1)C(=O)O.Cc1ccccc1CC1(C(=O)OCc2ccccn2)CCNCC1. The number of thioether (sulfide) groups is 1. The molecule has 1 aromatic heterocycles. The highest BCUT2D eigenvalue weighted by molar-refractivity contribution is 8.00. The van der Waals surface area contributed by atoms with E-state index in [1.807, 2.05) is 121 Å². The number of amides is 1. The van der Waals surface area contributed by atoms with E-state index in [0.29, 0.717) is 0 Å². The largest absolute Gasteiger partial charge is 0.480 e. The van der Waals surface area contributed by atoms with Gasteiger partial charge in [0.05, 0.1) is 15.9 Å². The number of carbonyl (C=O) groups excluding carboxylic acids is 2. The summed E-state index contributed by atoms with van der Waals surface area (Å²) in [5.74, 6) is -1.08. The van der Waals surface area contributed by atoms with Crippen molar-refractivity contribution in [1.29, 1.82) is 0 Å². The van der Waals surface area contributed by atoms with Crippen molar-refractivity contribution < 1.29 is 29.0 Å². The van der Waals surface area contributed by atoms with E-state index >= 15 is 0 Å². The first-order valence-electron chi connectivity index (χ1n) is 19.3. The number of alkyl carbamates (subject to hydrolysis) is 1. The summed E-state index contributed by atoms with van der Waals surface area (Å²) in [6.45, 7) is 9.26. The maximum Gasteiger partial charge on any atom is 0.408 e. The molecule has 1 fully saturated rings. The molecule has 0 bridgehead atoms. The van der Waals surface area contributed by atoms with Crippen molar-refractivity contribution in [1.82, 2.24) is 15.6 Å². The molecule has 0 radical (unpaired) electrons. The molecule has 0 spiro atoms. The number of aliphatic carboxylic acids is 1. The van der Waals surface area contributed by atoms with Gasteiger partial charge in [0.2, 0.25) is 0 Å². The average Bonchev–Trinajstić information content (AvgIpc) is 3.22. The first-order valence-corrected chi connectivity index (χ1v) is 20.3. The number of piperidine rings is 1. The minimum atomic E-state index is -1.12. The van der Waals surface area contributed by atoms with Crippen LogP contribution in [0.3, 0.4) is 0 Å². The normalized spacial score (nSPS) is 14.2. The molecule has 9 nitrogen and oxygen atoms in total.